The standard InChI is InChI=1S/C14H16N2O2/c1-2-16(9-10-3-4-10)13-6-5-11(14(17)18)7-12(13)8-15/h5-7,10H,2-4,9H2,1H3,(H,17,18). The minimum atomic E-state index is -0.997. The molecular weight excluding hydrogens is 228 g/mol. The number of carbonyl (C=O) groups is 1. The first-order valence-corrected chi connectivity index (χ1v) is 6.18. The van der Waals surface area contributed by atoms with Crippen LogP contribution < -0.4 is 4.90 Å². The van der Waals surface area contributed by atoms with Gasteiger partial charge in [0.1, 0.15) is 6.07 Å². The Balaban J connectivity index is 2.30. The van der Waals surface area contributed by atoms with Crippen LogP contribution in [-0.4, -0.2) is 24.2 Å². The zero-order valence-corrected chi connectivity index (χ0v) is 10.4. The SMILES string of the molecule is CCN(CC1CC1)c1ccc(C(=O)O)cc1C#N. The van der Waals surface area contributed by atoms with Gasteiger partial charge in [-0.05, 0) is 43.9 Å². The number of hydrogen-bond acceptors (Lipinski definition) is 3. The van der Waals surface area contributed by atoms with Gasteiger partial charge >= 0.3 is 5.97 Å². The third kappa shape index (κ3) is 2.62. The molecule has 0 atom stereocenters. The van der Waals surface area contributed by atoms with Gasteiger partial charge in [-0.25, -0.2) is 4.79 Å². The molecule has 1 aliphatic rings. The maximum atomic E-state index is 10.9. The Morgan fingerprint density at radius 3 is 2.78 bits per heavy atom. The molecule has 1 saturated carbocycles. The van der Waals surface area contributed by atoms with Crippen molar-refractivity contribution in [3.05, 3.63) is 29.3 Å². The van der Waals surface area contributed by atoms with E-state index in [1.54, 1.807) is 12.1 Å². The van der Waals surface area contributed by atoms with Crippen molar-refractivity contribution in [2.75, 3.05) is 18.0 Å². The topological polar surface area (TPSA) is 64.3 Å². The maximum absolute atomic E-state index is 10.9. The number of nitrogens with zero attached hydrogens (tertiary/aromatic N) is 2. The third-order valence-electron chi connectivity index (χ3n) is 3.26. The number of nitriles is 1. The van der Waals surface area contributed by atoms with Crippen molar-refractivity contribution in [2.45, 2.75) is 19.8 Å². The number of benzene rings is 1. The second-order valence-corrected chi connectivity index (χ2v) is 4.63. The van der Waals surface area contributed by atoms with E-state index in [0.29, 0.717) is 5.56 Å². The third-order valence-corrected chi connectivity index (χ3v) is 3.26. The van der Waals surface area contributed by atoms with Crippen molar-refractivity contribution in [1.82, 2.24) is 0 Å². The highest BCUT2D eigenvalue weighted by atomic mass is 16.4. The van der Waals surface area contributed by atoms with Gasteiger partial charge in [0.25, 0.3) is 0 Å². The monoisotopic (exact) mass is 244 g/mol. The number of carboxylic acid groups (broad SMARTS) is 1. The molecule has 0 spiro atoms. The molecule has 2 rings (SSSR count). The summed E-state index contributed by atoms with van der Waals surface area (Å²) in [4.78, 5) is 13.0. The summed E-state index contributed by atoms with van der Waals surface area (Å²) in [6.07, 6.45) is 2.51. The molecule has 0 heterocycles. The van der Waals surface area contributed by atoms with Crippen LogP contribution >= 0.6 is 0 Å². The van der Waals surface area contributed by atoms with Gasteiger partial charge < -0.3 is 10.0 Å². The lowest BCUT2D eigenvalue weighted by Gasteiger charge is -2.24. The second kappa shape index (κ2) is 5.09. The minimum absolute atomic E-state index is 0.165. The van der Waals surface area contributed by atoms with Crippen molar-refractivity contribution in [3.63, 3.8) is 0 Å². The molecule has 0 aliphatic heterocycles. The summed E-state index contributed by atoms with van der Waals surface area (Å²) < 4.78 is 0. The maximum Gasteiger partial charge on any atom is 0.335 e. The Labute approximate surface area is 106 Å². The predicted octanol–water partition coefficient (Wildman–Crippen LogP) is 2.49. The van der Waals surface area contributed by atoms with Gasteiger partial charge in [-0.1, -0.05) is 0 Å². The lowest BCUT2D eigenvalue weighted by Crippen LogP contribution is -2.26. The Hall–Kier alpha value is -2.02. The van der Waals surface area contributed by atoms with Crippen molar-refractivity contribution >= 4 is 11.7 Å². The van der Waals surface area contributed by atoms with Gasteiger partial charge in [0.15, 0.2) is 0 Å². The van der Waals surface area contributed by atoms with Crippen LogP contribution in [0.3, 0.4) is 0 Å². The lowest BCUT2D eigenvalue weighted by atomic mass is 10.1. The fourth-order valence-electron chi connectivity index (χ4n) is 2.04. The van der Waals surface area contributed by atoms with E-state index in [4.69, 9.17) is 10.4 Å². The highest BCUT2D eigenvalue weighted by Crippen LogP contribution is 2.32. The fourth-order valence-corrected chi connectivity index (χ4v) is 2.04. The molecule has 0 unspecified atom stereocenters. The molecule has 1 aromatic carbocycles. The van der Waals surface area contributed by atoms with Gasteiger partial charge in [0.2, 0.25) is 0 Å². The summed E-state index contributed by atoms with van der Waals surface area (Å²) in [6, 6.07) is 6.85. The van der Waals surface area contributed by atoms with Gasteiger partial charge in [-0.3, -0.25) is 0 Å². The fraction of sp³-hybridized carbons (Fsp3) is 0.429. The summed E-state index contributed by atoms with van der Waals surface area (Å²) in [5.74, 6) is -0.265. The number of carboxylic acids is 1. The summed E-state index contributed by atoms with van der Waals surface area (Å²) >= 11 is 0. The van der Waals surface area contributed by atoms with Crippen LogP contribution in [0.4, 0.5) is 5.69 Å². The highest BCUT2D eigenvalue weighted by molar-refractivity contribution is 5.89. The first kappa shape index (κ1) is 12.4. The number of rotatable bonds is 5. The lowest BCUT2D eigenvalue weighted by molar-refractivity contribution is 0.0697. The molecule has 0 aromatic heterocycles. The van der Waals surface area contributed by atoms with E-state index in [0.717, 1.165) is 24.7 Å². The minimum Gasteiger partial charge on any atom is -0.478 e. The predicted molar refractivity (Wildman–Crippen MR) is 68.7 cm³/mol. The Morgan fingerprint density at radius 2 is 2.28 bits per heavy atom. The zero-order chi connectivity index (χ0) is 13.1. The first-order chi connectivity index (χ1) is 8.65. The molecule has 4 nitrogen and oxygen atoms in total. The molecule has 94 valence electrons. The molecule has 1 fully saturated rings. The Kier molecular flexibility index (Phi) is 3.52. The van der Waals surface area contributed by atoms with Crippen LogP contribution in [0.5, 0.6) is 0 Å². The van der Waals surface area contributed by atoms with Crippen LogP contribution in [-0.2, 0) is 0 Å². The van der Waals surface area contributed by atoms with E-state index in [2.05, 4.69) is 17.9 Å². The van der Waals surface area contributed by atoms with Crippen molar-refractivity contribution in [3.8, 4) is 6.07 Å². The molecule has 1 N–H and O–H groups in total. The van der Waals surface area contributed by atoms with Gasteiger partial charge in [0.05, 0.1) is 16.8 Å². The Morgan fingerprint density at radius 1 is 1.56 bits per heavy atom. The zero-order valence-electron chi connectivity index (χ0n) is 10.4. The van der Waals surface area contributed by atoms with Crippen LogP contribution in [0.2, 0.25) is 0 Å². The van der Waals surface area contributed by atoms with Crippen LogP contribution in [0.15, 0.2) is 18.2 Å². The molecule has 1 aliphatic carbocycles. The second-order valence-electron chi connectivity index (χ2n) is 4.63. The number of anilines is 1. The van der Waals surface area contributed by atoms with Gasteiger partial charge in [0, 0.05) is 13.1 Å². The van der Waals surface area contributed by atoms with Crippen molar-refractivity contribution in [1.29, 1.82) is 5.26 Å². The summed E-state index contributed by atoms with van der Waals surface area (Å²) in [7, 11) is 0. The van der Waals surface area contributed by atoms with Crippen LogP contribution in [0, 0.1) is 17.2 Å². The van der Waals surface area contributed by atoms with Gasteiger partial charge in [-0.2, -0.15) is 5.26 Å². The smallest absolute Gasteiger partial charge is 0.335 e. The molecule has 1 aromatic rings. The first-order valence-electron chi connectivity index (χ1n) is 6.18. The molecule has 0 saturated heterocycles. The summed E-state index contributed by atoms with van der Waals surface area (Å²) in [5.41, 5.74) is 1.45. The molecular formula is C14H16N2O2. The van der Waals surface area contributed by atoms with E-state index in [9.17, 15) is 4.79 Å². The van der Waals surface area contributed by atoms with E-state index < -0.39 is 5.97 Å². The molecule has 0 amide bonds. The normalized spacial score (nSPS) is 14.0. The average Bonchev–Trinajstić information content (AvgIpc) is 3.19. The number of hydrogen-bond donors (Lipinski definition) is 1. The Bertz CT molecular complexity index is 501. The van der Waals surface area contributed by atoms with E-state index in [1.807, 2.05) is 0 Å². The molecule has 4 heteroatoms. The molecule has 18 heavy (non-hydrogen) atoms. The molecule has 0 radical (unpaired) electrons. The van der Waals surface area contributed by atoms with Crippen molar-refractivity contribution < 1.29 is 9.90 Å². The quantitative estimate of drug-likeness (QED) is 0.864. The van der Waals surface area contributed by atoms with E-state index in [-0.39, 0.29) is 5.56 Å². The van der Waals surface area contributed by atoms with E-state index >= 15 is 0 Å². The molecule has 0 bridgehead atoms. The van der Waals surface area contributed by atoms with E-state index in [1.165, 1.54) is 18.9 Å². The van der Waals surface area contributed by atoms with Crippen molar-refractivity contribution in [2.24, 2.45) is 5.92 Å². The summed E-state index contributed by atoms with van der Waals surface area (Å²) in [5, 5.41) is 18.1. The van der Waals surface area contributed by atoms with Crippen LogP contribution in [0.25, 0.3) is 0 Å². The van der Waals surface area contributed by atoms with Gasteiger partial charge in [-0.15, -0.1) is 0 Å². The van der Waals surface area contributed by atoms with Crippen LogP contribution in [0.1, 0.15) is 35.7 Å². The average molecular weight is 244 g/mol. The highest BCUT2D eigenvalue weighted by Gasteiger charge is 2.25. The largest absolute Gasteiger partial charge is 0.478 e. The number of aromatic carboxylic acids is 1. The summed E-state index contributed by atoms with van der Waals surface area (Å²) in [6.45, 7) is 3.84.